The zero-order valence-corrected chi connectivity index (χ0v) is 17.9. The van der Waals surface area contributed by atoms with Gasteiger partial charge < -0.3 is 9.47 Å². The van der Waals surface area contributed by atoms with E-state index in [1.165, 1.54) is 30.2 Å². The van der Waals surface area contributed by atoms with E-state index in [4.69, 9.17) is 9.47 Å². The standard InChI is InChI=1S/C26H24FNO3/c1-15(29)31-26-23(30-3)9-6-17-14-22-24-18(10-11-28(22)2)12-19(13-21(24)25(17)26)16-4-7-20(27)8-5-16/h4-9,12-13,22H,10-11,14H2,1-3H3/t22-/m1/s1. The van der Waals surface area contributed by atoms with Crippen LogP contribution in [0.1, 0.15) is 29.7 Å². The zero-order chi connectivity index (χ0) is 21.7. The fraction of sp³-hybridized carbons (Fsp3) is 0.269. The Balaban J connectivity index is 1.80. The van der Waals surface area contributed by atoms with Gasteiger partial charge in [-0.25, -0.2) is 4.39 Å². The first-order valence-electron chi connectivity index (χ1n) is 10.5. The van der Waals surface area contributed by atoms with Crippen LogP contribution in [0.4, 0.5) is 4.39 Å². The van der Waals surface area contributed by atoms with Crippen LogP contribution in [0.2, 0.25) is 0 Å². The molecule has 0 radical (unpaired) electrons. The lowest BCUT2D eigenvalue weighted by molar-refractivity contribution is -0.131. The van der Waals surface area contributed by atoms with Crippen molar-refractivity contribution in [1.29, 1.82) is 0 Å². The fourth-order valence-electron chi connectivity index (χ4n) is 4.94. The number of hydrogen-bond donors (Lipinski definition) is 0. The van der Waals surface area contributed by atoms with Gasteiger partial charge in [0.05, 0.1) is 7.11 Å². The summed E-state index contributed by atoms with van der Waals surface area (Å²) >= 11 is 0. The summed E-state index contributed by atoms with van der Waals surface area (Å²) in [5.74, 6) is 0.376. The molecule has 3 aromatic carbocycles. The van der Waals surface area contributed by atoms with Gasteiger partial charge in [0.25, 0.3) is 0 Å². The topological polar surface area (TPSA) is 38.8 Å². The summed E-state index contributed by atoms with van der Waals surface area (Å²) in [5, 5.41) is 0. The summed E-state index contributed by atoms with van der Waals surface area (Å²) in [6, 6.07) is 15.2. The average Bonchev–Trinajstić information content (AvgIpc) is 2.76. The molecule has 1 atom stereocenters. The SMILES string of the molecule is COc1ccc2c(c1OC(C)=O)-c1cc(-c3ccc(F)cc3)cc3c1[C@@H](C2)N(C)CC3. The molecule has 3 aromatic rings. The first-order valence-corrected chi connectivity index (χ1v) is 10.5. The Morgan fingerprint density at radius 3 is 2.55 bits per heavy atom. The summed E-state index contributed by atoms with van der Waals surface area (Å²) in [7, 11) is 3.74. The number of hydrogen-bond acceptors (Lipinski definition) is 4. The van der Waals surface area contributed by atoms with E-state index >= 15 is 0 Å². The first-order chi connectivity index (χ1) is 15.0. The predicted octanol–water partition coefficient (Wildman–Crippen LogP) is 5.18. The highest BCUT2D eigenvalue weighted by atomic mass is 19.1. The summed E-state index contributed by atoms with van der Waals surface area (Å²) in [5.41, 5.74) is 7.68. The Morgan fingerprint density at radius 1 is 1.06 bits per heavy atom. The molecule has 4 nitrogen and oxygen atoms in total. The van der Waals surface area contributed by atoms with Crippen LogP contribution in [-0.4, -0.2) is 31.6 Å². The number of ether oxygens (including phenoxy) is 2. The van der Waals surface area contributed by atoms with Gasteiger partial charge in [0.15, 0.2) is 11.5 Å². The second-order valence-electron chi connectivity index (χ2n) is 8.28. The Kier molecular flexibility index (Phi) is 4.78. The van der Waals surface area contributed by atoms with Gasteiger partial charge in [-0.3, -0.25) is 9.69 Å². The van der Waals surface area contributed by atoms with Crippen molar-refractivity contribution in [2.45, 2.75) is 25.8 Å². The first kappa shape index (κ1) is 19.8. The highest BCUT2D eigenvalue weighted by Gasteiger charge is 2.35. The normalized spacial score (nSPS) is 17.0. The molecule has 0 bridgehead atoms. The molecule has 0 saturated carbocycles. The van der Waals surface area contributed by atoms with E-state index in [0.29, 0.717) is 11.5 Å². The Bertz CT molecular complexity index is 1190. The van der Waals surface area contributed by atoms with Gasteiger partial charge in [-0.2, -0.15) is 0 Å². The number of methoxy groups -OCH3 is 1. The minimum atomic E-state index is -0.380. The van der Waals surface area contributed by atoms with Gasteiger partial charge >= 0.3 is 5.97 Å². The van der Waals surface area contributed by atoms with Crippen LogP contribution in [-0.2, 0) is 17.6 Å². The Morgan fingerprint density at radius 2 is 1.84 bits per heavy atom. The van der Waals surface area contributed by atoms with Crippen molar-refractivity contribution in [2.24, 2.45) is 0 Å². The molecule has 5 rings (SSSR count). The third-order valence-electron chi connectivity index (χ3n) is 6.40. The molecular weight excluding hydrogens is 393 g/mol. The molecule has 158 valence electrons. The van der Waals surface area contributed by atoms with Crippen molar-refractivity contribution >= 4 is 5.97 Å². The second kappa shape index (κ2) is 7.50. The van der Waals surface area contributed by atoms with E-state index in [1.807, 2.05) is 6.07 Å². The van der Waals surface area contributed by atoms with Crippen LogP contribution in [0.15, 0.2) is 48.5 Å². The molecule has 2 aliphatic rings. The molecule has 1 heterocycles. The number of halogens is 1. The molecule has 1 aliphatic carbocycles. The number of benzene rings is 3. The van der Waals surface area contributed by atoms with Crippen LogP contribution >= 0.6 is 0 Å². The van der Waals surface area contributed by atoms with Crippen molar-refractivity contribution in [3.8, 4) is 33.8 Å². The minimum absolute atomic E-state index is 0.253. The van der Waals surface area contributed by atoms with E-state index < -0.39 is 0 Å². The van der Waals surface area contributed by atoms with E-state index in [2.05, 4.69) is 30.1 Å². The smallest absolute Gasteiger partial charge is 0.308 e. The number of esters is 1. The van der Waals surface area contributed by atoms with Gasteiger partial charge in [0.1, 0.15) is 5.82 Å². The van der Waals surface area contributed by atoms with Crippen LogP contribution in [0.25, 0.3) is 22.3 Å². The zero-order valence-electron chi connectivity index (χ0n) is 17.9. The predicted molar refractivity (Wildman–Crippen MR) is 118 cm³/mol. The van der Waals surface area contributed by atoms with Crippen LogP contribution in [0.5, 0.6) is 11.5 Å². The summed E-state index contributed by atoms with van der Waals surface area (Å²) < 4.78 is 24.7. The molecule has 0 unspecified atom stereocenters. The van der Waals surface area contributed by atoms with Gasteiger partial charge in [-0.05, 0) is 77.5 Å². The highest BCUT2D eigenvalue weighted by Crippen LogP contribution is 2.52. The molecule has 1 aliphatic heterocycles. The number of fused-ring (bicyclic) bond motifs is 2. The summed E-state index contributed by atoms with van der Waals surface area (Å²) in [6.45, 7) is 2.38. The van der Waals surface area contributed by atoms with Crippen LogP contribution in [0, 0.1) is 5.82 Å². The second-order valence-corrected chi connectivity index (χ2v) is 8.28. The molecule has 5 heteroatoms. The lowest BCUT2D eigenvalue weighted by Crippen LogP contribution is -2.35. The van der Waals surface area contributed by atoms with Crippen molar-refractivity contribution in [1.82, 2.24) is 4.90 Å². The maximum Gasteiger partial charge on any atom is 0.308 e. The number of nitrogens with zero attached hydrogens (tertiary/aromatic N) is 1. The van der Waals surface area contributed by atoms with Gasteiger partial charge in [0, 0.05) is 25.1 Å². The van der Waals surface area contributed by atoms with Crippen molar-refractivity contribution in [2.75, 3.05) is 20.7 Å². The van der Waals surface area contributed by atoms with Gasteiger partial charge in [-0.1, -0.05) is 24.3 Å². The quantitative estimate of drug-likeness (QED) is 0.435. The van der Waals surface area contributed by atoms with Gasteiger partial charge in [0.2, 0.25) is 0 Å². The third kappa shape index (κ3) is 3.29. The molecular formula is C26H24FNO3. The van der Waals surface area contributed by atoms with Crippen LogP contribution in [0.3, 0.4) is 0 Å². The number of carbonyl (C=O) groups excluding carboxylic acids is 1. The maximum absolute atomic E-state index is 13.5. The Hall–Kier alpha value is -3.18. The van der Waals surface area contributed by atoms with Crippen molar-refractivity contribution in [3.05, 3.63) is 71.0 Å². The molecule has 0 fully saturated rings. The lowest BCUT2D eigenvalue weighted by atomic mass is 9.75. The minimum Gasteiger partial charge on any atom is -0.493 e. The molecule has 0 amide bonds. The monoisotopic (exact) mass is 417 g/mol. The highest BCUT2D eigenvalue weighted by molar-refractivity contribution is 5.88. The molecule has 0 N–H and O–H groups in total. The number of likely N-dealkylation sites (N-methyl/N-ethyl adjacent to an activating group) is 1. The Labute approximate surface area is 181 Å². The lowest BCUT2D eigenvalue weighted by Gasteiger charge is -2.40. The third-order valence-corrected chi connectivity index (χ3v) is 6.40. The fourth-order valence-corrected chi connectivity index (χ4v) is 4.94. The van der Waals surface area contributed by atoms with E-state index in [-0.39, 0.29) is 17.8 Å². The molecule has 0 spiro atoms. The van der Waals surface area contributed by atoms with Crippen LogP contribution < -0.4 is 9.47 Å². The summed E-state index contributed by atoms with van der Waals surface area (Å²) in [4.78, 5) is 14.3. The van der Waals surface area contributed by atoms with E-state index in [9.17, 15) is 9.18 Å². The maximum atomic E-state index is 13.5. The number of carbonyl (C=O) groups is 1. The summed E-state index contributed by atoms with van der Waals surface area (Å²) in [6.07, 6.45) is 1.78. The molecule has 0 saturated heterocycles. The largest absolute Gasteiger partial charge is 0.493 e. The van der Waals surface area contributed by atoms with Crippen molar-refractivity contribution < 1.29 is 18.7 Å². The number of rotatable bonds is 3. The van der Waals surface area contributed by atoms with Gasteiger partial charge in [-0.15, -0.1) is 0 Å². The average molecular weight is 417 g/mol. The van der Waals surface area contributed by atoms with E-state index in [0.717, 1.165) is 47.2 Å². The molecule has 0 aromatic heterocycles. The molecule has 31 heavy (non-hydrogen) atoms. The van der Waals surface area contributed by atoms with E-state index in [1.54, 1.807) is 19.2 Å². The van der Waals surface area contributed by atoms with Crippen molar-refractivity contribution in [3.63, 3.8) is 0 Å².